The molecule has 0 aliphatic rings. The van der Waals surface area contributed by atoms with Crippen molar-refractivity contribution in [3.8, 4) is 0 Å². The van der Waals surface area contributed by atoms with Crippen LogP contribution in [0.5, 0.6) is 0 Å². The number of hydrogen-bond acceptors (Lipinski definition) is 5. The van der Waals surface area contributed by atoms with Crippen LogP contribution in [0.15, 0.2) is 30.5 Å². The highest BCUT2D eigenvalue weighted by molar-refractivity contribution is 6.36. The summed E-state index contributed by atoms with van der Waals surface area (Å²) in [6, 6.07) is 6.15. The van der Waals surface area contributed by atoms with Crippen molar-refractivity contribution in [2.45, 2.75) is 6.92 Å². The fourth-order valence-corrected chi connectivity index (χ4v) is 2.94. The van der Waals surface area contributed by atoms with Gasteiger partial charge in [-0.15, -0.1) is 0 Å². The van der Waals surface area contributed by atoms with Crippen LogP contribution in [0.4, 0.5) is 0 Å². The molecule has 1 aromatic carbocycles. The van der Waals surface area contributed by atoms with Crippen molar-refractivity contribution in [3.63, 3.8) is 0 Å². The molecule has 0 unspecified atom stereocenters. The van der Waals surface area contributed by atoms with E-state index in [2.05, 4.69) is 10.1 Å². The topological polar surface area (TPSA) is 74.1 Å². The highest BCUT2D eigenvalue weighted by atomic mass is 35.5. The van der Waals surface area contributed by atoms with E-state index >= 15 is 0 Å². The second-order valence-electron chi connectivity index (χ2n) is 5.43. The number of carbonyl (C=O) groups is 2. The number of hydrogen-bond donors (Lipinski definition) is 0. The van der Waals surface area contributed by atoms with Gasteiger partial charge in [-0.2, -0.15) is 5.10 Å². The number of ether oxygens (including phenoxy) is 1. The lowest BCUT2D eigenvalue weighted by molar-refractivity contribution is 0.0474. The Morgan fingerprint density at radius 2 is 2.00 bits per heavy atom. The number of halogens is 2. The van der Waals surface area contributed by atoms with Gasteiger partial charge in [0.15, 0.2) is 12.3 Å². The monoisotopic (exact) mass is 377 g/mol. The summed E-state index contributed by atoms with van der Waals surface area (Å²) < 4.78 is 6.71. The molecule has 0 N–H and O–H groups in total. The zero-order valence-electron chi connectivity index (χ0n) is 13.4. The van der Waals surface area contributed by atoms with Crippen LogP contribution in [-0.4, -0.2) is 33.1 Å². The Hall–Kier alpha value is -2.44. The zero-order valence-corrected chi connectivity index (χ0v) is 14.9. The van der Waals surface area contributed by atoms with Crippen LogP contribution in [0.1, 0.15) is 26.4 Å². The van der Waals surface area contributed by atoms with E-state index in [1.54, 1.807) is 23.9 Å². The van der Waals surface area contributed by atoms with Gasteiger partial charge in [-0.3, -0.25) is 9.48 Å². The van der Waals surface area contributed by atoms with Gasteiger partial charge in [0, 0.05) is 29.2 Å². The zero-order chi connectivity index (χ0) is 18.1. The van der Waals surface area contributed by atoms with E-state index in [0.717, 1.165) is 11.1 Å². The fraction of sp³-hybridized carbons (Fsp3) is 0.176. The summed E-state index contributed by atoms with van der Waals surface area (Å²) >= 11 is 11.8. The van der Waals surface area contributed by atoms with Crippen LogP contribution >= 0.6 is 23.2 Å². The van der Waals surface area contributed by atoms with Gasteiger partial charge < -0.3 is 4.74 Å². The Morgan fingerprint density at radius 3 is 2.72 bits per heavy atom. The Balaban J connectivity index is 1.74. The fourth-order valence-electron chi connectivity index (χ4n) is 2.43. The molecule has 0 aliphatic carbocycles. The maximum absolute atomic E-state index is 12.2. The summed E-state index contributed by atoms with van der Waals surface area (Å²) in [5.41, 5.74) is 1.91. The summed E-state index contributed by atoms with van der Waals surface area (Å²) in [7, 11) is 1.77. The van der Waals surface area contributed by atoms with Crippen molar-refractivity contribution in [1.29, 1.82) is 0 Å². The molecule has 0 fully saturated rings. The third-order valence-electron chi connectivity index (χ3n) is 3.66. The van der Waals surface area contributed by atoms with Crippen molar-refractivity contribution in [2.24, 2.45) is 7.05 Å². The molecule has 0 saturated heterocycles. The number of aromatic nitrogens is 3. The van der Waals surface area contributed by atoms with Crippen molar-refractivity contribution in [2.75, 3.05) is 6.61 Å². The SMILES string of the molecule is Cc1nn(C)c2ncc(C(=O)OCC(=O)c3ccc(Cl)cc3Cl)cc12. The van der Waals surface area contributed by atoms with Crippen molar-refractivity contribution >= 4 is 46.0 Å². The minimum Gasteiger partial charge on any atom is -0.454 e. The van der Waals surface area contributed by atoms with Gasteiger partial charge in [0.25, 0.3) is 0 Å². The number of esters is 1. The molecule has 2 heterocycles. The number of benzene rings is 1. The highest BCUT2D eigenvalue weighted by Crippen LogP contribution is 2.22. The van der Waals surface area contributed by atoms with E-state index in [-0.39, 0.29) is 16.1 Å². The predicted molar refractivity (Wildman–Crippen MR) is 94.3 cm³/mol. The first-order valence-electron chi connectivity index (χ1n) is 7.31. The van der Waals surface area contributed by atoms with Gasteiger partial charge in [0.1, 0.15) is 0 Å². The Morgan fingerprint density at radius 1 is 1.24 bits per heavy atom. The maximum Gasteiger partial charge on any atom is 0.340 e. The van der Waals surface area contributed by atoms with Gasteiger partial charge in [0.05, 0.1) is 16.3 Å². The first-order valence-corrected chi connectivity index (χ1v) is 8.07. The van der Waals surface area contributed by atoms with Crippen molar-refractivity contribution in [3.05, 3.63) is 57.3 Å². The molecule has 6 nitrogen and oxygen atoms in total. The molecular weight excluding hydrogens is 365 g/mol. The second-order valence-corrected chi connectivity index (χ2v) is 6.27. The summed E-state index contributed by atoms with van der Waals surface area (Å²) in [4.78, 5) is 28.5. The van der Waals surface area contributed by atoms with E-state index < -0.39 is 18.4 Å². The molecule has 0 saturated carbocycles. The van der Waals surface area contributed by atoms with Crippen LogP contribution in [0.25, 0.3) is 11.0 Å². The number of nitrogens with zero attached hydrogens (tertiary/aromatic N) is 3. The average molecular weight is 378 g/mol. The number of aryl methyl sites for hydroxylation is 2. The van der Waals surface area contributed by atoms with Crippen LogP contribution in [-0.2, 0) is 11.8 Å². The minimum absolute atomic E-state index is 0.211. The predicted octanol–water partition coefficient (Wildman–Crippen LogP) is 3.62. The maximum atomic E-state index is 12.2. The second kappa shape index (κ2) is 6.82. The Labute approximate surface area is 153 Å². The average Bonchev–Trinajstić information content (AvgIpc) is 2.86. The van der Waals surface area contributed by atoms with Crippen LogP contribution in [0.3, 0.4) is 0 Å². The van der Waals surface area contributed by atoms with E-state index in [9.17, 15) is 9.59 Å². The number of rotatable bonds is 4. The number of pyridine rings is 1. The quantitative estimate of drug-likeness (QED) is 0.512. The molecule has 0 atom stereocenters. The largest absolute Gasteiger partial charge is 0.454 e. The lowest BCUT2D eigenvalue weighted by Gasteiger charge is -2.06. The molecule has 0 spiro atoms. The summed E-state index contributed by atoms with van der Waals surface area (Å²) in [6.07, 6.45) is 1.39. The van der Waals surface area contributed by atoms with Crippen LogP contribution in [0, 0.1) is 6.92 Å². The molecule has 0 bridgehead atoms. The molecule has 128 valence electrons. The summed E-state index contributed by atoms with van der Waals surface area (Å²) in [6.45, 7) is 1.40. The molecule has 0 amide bonds. The van der Waals surface area contributed by atoms with Crippen molar-refractivity contribution in [1.82, 2.24) is 14.8 Å². The van der Waals surface area contributed by atoms with Crippen LogP contribution < -0.4 is 0 Å². The molecular formula is C17H13Cl2N3O3. The number of ketones is 1. The minimum atomic E-state index is -0.643. The molecule has 2 aromatic heterocycles. The van der Waals surface area contributed by atoms with Gasteiger partial charge in [-0.05, 0) is 31.2 Å². The van der Waals surface area contributed by atoms with Crippen LogP contribution in [0.2, 0.25) is 10.0 Å². The van der Waals surface area contributed by atoms with Gasteiger partial charge in [-0.25, -0.2) is 9.78 Å². The molecule has 25 heavy (non-hydrogen) atoms. The smallest absolute Gasteiger partial charge is 0.340 e. The summed E-state index contributed by atoms with van der Waals surface area (Å²) in [5, 5.41) is 5.63. The number of carbonyl (C=O) groups excluding carboxylic acids is 2. The third-order valence-corrected chi connectivity index (χ3v) is 4.21. The van der Waals surface area contributed by atoms with E-state index in [1.165, 1.54) is 18.3 Å². The van der Waals surface area contributed by atoms with E-state index in [1.807, 2.05) is 6.92 Å². The molecule has 3 rings (SSSR count). The number of Topliss-reactive ketones (excluding diaryl/α,β-unsaturated/α-hetero) is 1. The lowest BCUT2D eigenvalue weighted by Crippen LogP contribution is -2.15. The standard InChI is InChI=1S/C17H13Cl2N3O3/c1-9-13-5-10(7-20-16(13)22(2)21-9)17(24)25-8-15(23)12-4-3-11(18)6-14(12)19/h3-7H,8H2,1-2H3. The van der Waals surface area contributed by atoms with E-state index in [4.69, 9.17) is 27.9 Å². The Bertz CT molecular complexity index is 998. The van der Waals surface area contributed by atoms with Gasteiger partial charge >= 0.3 is 5.97 Å². The normalized spacial score (nSPS) is 10.9. The molecule has 0 aliphatic heterocycles. The summed E-state index contributed by atoms with van der Waals surface area (Å²) in [5.74, 6) is -1.06. The van der Waals surface area contributed by atoms with Gasteiger partial charge in [-0.1, -0.05) is 23.2 Å². The van der Waals surface area contributed by atoms with E-state index in [0.29, 0.717) is 10.7 Å². The highest BCUT2D eigenvalue weighted by Gasteiger charge is 2.16. The Kier molecular flexibility index (Phi) is 4.74. The molecule has 0 radical (unpaired) electrons. The molecule has 3 aromatic rings. The first kappa shape index (κ1) is 17.4. The third kappa shape index (κ3) is 3.50. The van der Waals surface area contributed by atoms with Crippen molar-refractivity contribution < 1.29 is 14.3 Å². The lowest BCUT2D eigenvalue weighted by atomic mass is 10.1. The number of fused-ring (bicyclic) bond motifs is 1. The molecule has 8 heteroatoms. The first-order chi connectivity index (χ1) is 11.9. The van der Waals surface area contributed by atoms with Gasteiger partial charge in [0.2, 0.25) is 5.78 Å².